The van der Waals surface area contributed by atoms with Gasteiger partial charge in [0.25, 0.3) is 0 Å². The van der Waals surface area contributed by atoms with Gasteiger partial charge in [-0.15, -0.1) is 12.4 Å². The van der Waals surface area contributed by atoms with Gasteiger partial charge >= 0.3 is 6.18 Å². The van der Waals surface area contributed by atoms with Gasteiger partial charge in [0.2, 0.25) is 0 Å². The normalized spacial score (nSPS) is 12.4. The molecule has 0 unspecified atom stereocenters. The van der Waals surface area contributed by atoms with E-state index in [2.05, 4.69) is 0 Å². The topological polar surface area (TPSA) is 35.2 Å². The highest BCUT2D eigenvalue weighted by Gasteiger charge is 2.30. The van der Waals surface area contributed by atoms with Crippen LogP contribution in [0.4, 0.5) is 13.2 Å². The van der Waals surface area contributed by atoms with E-state index in [0.29, 0.717) is 18.7 Å². The average molecular weight is 332 g/mol. The number of alkyl halides is 3. The summed E-state index contributed by atoms with van der Waals surface area (Å²) in [6, 6.07) is 14.2. The third-order valence-corrected chi connectivity index (χ3v) is 3.06. The Bertz CT molecular complexity index is 558. The molecule has 2 rings (SSSR count). The van der Waals surface area contributed by atoms with Crippen molar-refractivity contribution in [2.45, 2.75) is 18.7 Å². The Balaban J connectivity index is 0.00000242. The van der Waals surface area contributed by atoms with Crippen molar-refractivity contribution in [3.05, 3.63) is 65.7 Å². The second-order valence-electron chi connectivity index (χ2n) is 4.62. The van der Waals surface area contributed by atoms with Crippen LogP contribution in [0.2, 0.25) is 0 Å². The SMILES string of the molecule is Cl.NCC[C@H](Oc1ccc(C(F)(F)F)cc1)c1ccccc1. The van der Waals surface area contributed by atoms with Crippen LogP contribution in [0.25, 0.3) is 0 Å². The van der Waals surface area contributed by atoms with Gasteiger partial charge in [-0.3, -0.25) is 0 Å². The largest absolute Gasteiger partial charge is 0.486 e. The van der Waals surface area contributed by atoms with E-state index in [1.54, 1.807) is 0 Å². The number of ether oxygens (including phenoxy) is 1. The third kappa shape index (κ3) is 4.93. The molecule has 2 aromatic rings. The molecule has 2 nitrogen and oxygen atoms in total. The fourth-order valence-electron chi connectivity index (χ4n) is 2.00. The molecule has 2 N–H and O–H groups in total. The van der Waals surface area contributed by atoms with Crippen LogP contribution in [0.1, 0.15) is 23.7 Å². The molecule has 0 fully saturated rings. The van der Waals surface area contributed by atoms with Crippen molar-refractivity contribution in [3.63, 3.8) is 0 Å². The summed E-state index contributed by atoms with van der Waals surface area (Å²) < 4.78 is 43.3. The molecule has 0 aliphatic carbocycles. The molecule has 0 aliphatic rings. The molecule has 22 heavy (non-hydrogen) atoms. The zero-order valence-electron chi connectivity index (χ0n) is 11.7. The Kier molecular flexibility index (Phi) is 6.71. The van der Waals surface area contributed by atoms with Crippen molar-refractivity contribution in [2.75, 3.05) is 6.54 Å². The monoisotopic (exact) mass is 331 g/mol. The van der Waals surface area contributed by atoms with Crippen LogP contribution in [-0.2, 0) is 6.18 Å². The Labute approximate surface area is 133 Å². The molecule has 0 bridgehead atoms. The lowest BCUT2D eigenvalue weighted by molar-refractivity contribution is -0.137. The first-order valence-corrected chi connectivity index (χ1v) is 6.59. The molecule has 2 aromatic carbocycles. The number of nitrogens with two attached hydrogens (primary N) is 1. The maximum atomic E-state index is 12.5. The van der Waals surface area contributed by atoms with Crippen molar-refractivity contribution in [2.24, 2.45) is 5.73 Å². The predicted molar refractivity (Wildman–Crippen MR) is 82.2 cm³/mol. The van der Waals surface area contributed by atoms with E-state index in [4.69, 9.17) is 10.5 Å². The first-order valence-electron chi connectivity index (χ1n) is 6.59. The minimum absolute atomic E-state index is 0. The van der Waals surface area contributed by atoms with Gasteiger partial charge in [0.1, 0.15) is 11.9 Å². The standard InChI is InChI=1S/C16H16F3NO.ClH/c17-16(18,19)13-6-8-14(9-7-13)21-15(10-11-20)12-4-2-1-3-5-12;/h1-9,15H,10-11,20H2;1H/t15-;/m0./s1. The van der Waals surface area contributed by atoms with Crippen molar-refractivity contribution in [1.82, 2.24) is 0 Å². The molecule has 0 saturated heterocycles. The summed E-state index contributed by atoms with van der Waals surface area (Å²) in [6.07, 6.45) is -4.02. The molecule has 1 atom stereocenters. The molecule has 0 spiro atoms. The molecule has 0 aliphatic heterocycles. The minimum Gasteiger partial charge on any atom is -0.486 e. The lowest BCUT2D eigenvalue weighted by Crippen LogP contribution is -2.13. The Morgan fingerprint density at radius 3 is 2.05 bits per heavy atom. The number of hydrogen-bond donors (Lipinski definition) is 1. The van der Waals surface area contributed by atoms with Crippen molar-refractivity contribution in [3.8, 4) is 5.75 Å². The van der Waals surface area contributed by atoms with Crippen LogP contribution in [0.3, 0.4) is 0 Å². The number of benzene rings is 2. The van der Waals surface area contributed by atoms with Crippen molar-refractivity contribution < 1.29 is 17.9 Å². The fraction of sp³-hybridized carbons (Fsp3) is 0.250. The van der Waals surface area contributed by atoms with Crippen LogP contribution < -0.4 is 10.5 Å². The van der Waals surface area contributed by atoms with Crippen molar-refractivity contribution in [1.29, 1.82) is 0 Å². The predicted octanol–water partition coefficient (Wildman–Crippen LogP) is 4.60. The van der Waals surface area contributed by atoms with Crippen molar-refractivity contribution >= 4 is 12.4 Å². The summed E-state index contributed by atoms with van der Waals surface area (Å²) >= 11 is 0. The highest BCUT2D eigenvalue weighted by atomic mass is 35.5. The Morgan fingerprint density at radius 2 is 1.55 bits per heavy atom. The number of halogens is 4. The molecule has 120 valence electrons. The highest BCUT2D eigenvalue weighted by Crippen LogP contribution is 2.31. The molecule has 6 heteroatoms. The van der Waals surface area contributed by atoms with E-state index >= 15 is 0 Å². The van der Waals surface area contributed by atoms with Crippen LogP contribution in [0.5, 0.6) is 5.75 Å². The second kappa shape index (κ2) is 8.06. The average Bonchev–Trinajstić information content (AvgIpc) is 2.47. The quantitative estimate of drug-likeness (QED) is 0.869. The second-order valence-corrected chi connectivity index (χ2v) is 4.62. The highest BCUT2D eigenvalue weighted by molar-refractivity contribution is 5.85. The van der Waals surface area contributed by atoms with E-state index < -0.39 is 11.7 Å². The van der Waals surface area contributed by atoms with Gasteiger partial charge in [-0.2, -0.15) is 13.2 Å². The maximum absolute atomic E-state index is 12.5. The van der Waals surface area contributed by atoms with Gasteiger partial charge < -0.3 is 10.5 Å². The molecule has 0 radical (unpaired) electrons. The molecule has 0 amide bonds. The summed E-state index contributed by atoms with van der Waals surface area (Å²) in [5, 5.41) is 0. The number of hydrogen-bond acceptors (Lipinski definition) is 2. The Morgan fingerprint density at radius 1 is 0.955 bits per heavy atom. The van der Waals surface area contributed by atoms with Gasteiger partial charge in [-0.05, 0) is 36.4 Å². The summed E-state index contributed by atoms with van der Waals surface area (Å²) in [6.45, 7) is 0.431. The molecule has 0 aromatic heterocycles. The van der Waals surface area contributed by atoms with Crippen LogP contribution in [0, 0.1) is 0 Å². The van der Waals surface area contributed by atoms with Gasteiger partial charge in [0.15, 0.2) is 0 Å². The minimum atomic E-state index is -4.34. The van der Waals surface area contributed by atoms with E-state index in [1.165, 1.54) is 12.1 Å². The fourth-order valence-corrected chi connectivity index (χ4v) is 2.00. The number of rotatable bonds is 5. The Hall–Kier alpha value is -1.72. The molecule has 0 saturated carbocycles. The van der Waals surface area contributed by atoms with Gasteiger partial charge in [0, 0.05) is 6.42 Å². The molecular weight excluding hydrogens is 315 g/mol. The van der Waals surface area contributed by atoms with Crippen LogP contribution in [-0.4, -0.2) is 6.54 Å². The van der Waals surface area contributed by atoms with Crippen LogP contribution in [0.15, 0.2) is 54.6 Å². The zero-order valence-corrected chi connectivity index (χ0v) is 12.5. The summed E-state index contributed by atoms with van der Waals surface area (Å²) in [5.74, 6) is 0.394. The van der Waals surface area contributed by atoms with E-state index in [9.17, 15) is 13.2 Å². The lowest BCUT2D eigenvalue weighted by Gasteiger charge is -2.19. The zero-order chi connectivity index (χ0) is 15.3. The van der Waals surface area contributed by atoms with E-state index in [0.717, 1.165) is 17.7 Å². The molecule has 0 heterocycles. The van der Waals surface area contributed by atoms with Gasteiger partial charge in [-0.25, -0.2) is 0 Å². The lowest BCUT2D eigenvalue weighted by atomic mass is 10.1. The summed E-state index contributed by atoms with van der Waals surface area (Å²) in [5.41, 5.74) is 5.83. The van der Waals surface area contributed by atoms with Gasteiger partial charge in [-0.1, -0.05) is 30.3 Å². The first-order chi connectivity index (χ1) is 10.0. The molecular formula is C16H17ClF3NO. The maximum Gasteiger partial charge on any atom is 0.416 e. The van der Waals surface area contributed by atoms with Gasteiger partial charge in [0.05, 0.1) is 5.56 Å². The van der Waals surface area contributed by atoms with Crippen LogP contribution >= 0.6 is 12.4 Å². The van der Waals surface area contributed by atoms with E-state index in [-0.39, 0.29) is 18.5 Å². The summed E-state index contributed by atoms with van der Waals surface area (Å²) in [7, 11) is 0. The first kappa shape index (κ1) is 18.3. The van der Waals surface area contributed by atoms with E-state index in [1.807, 2.05) is 30.3 Å². The summed E-state index contributed by atoms with van der Waals surface area (Å²) in [4.78, 5) is 0. The third-order valence-electron chi connectivity index (χ3n) is 3.06. The smallest absolute Gasteiger partial charge is 0.416 e.